The van der Waals surface area contributed by atoms with Crippen LogP contribution >= 0.6 is 11.8 Å². The van der Waals surface area contributed by atoms with Gasteiger partial charge in [0.2, 0.25) is 5.91 Å². The summed E-state index contributed by atoms with van der Waals surface area (Å²) in [6.07, 6.45) is 2.87. The molecular weight excluding hydrogens is 330 g/mol. The molecular formula is C20H21N3OS. The molecule has 0 fully saturated rings. The van der Waals surface area contributed by atoms with Crippen LogP contribution in [0.2, 0.25) is 0 Å². The summed E-state index contributed by atoms with van der Waals surface area (Å²) >= 11 is 1.74. The minimum absolute atomic E-state index is 0.400. The lowest BCUT2D eigenvalue weighted by Gasteiger charge is -2.06. The fraction of sp³-hybridized carbons (Fsp3) is 0.200. The molecule has 2 aromatic carbocycles. The number of thioether (sulfide) groups is 1. The van der Waals surface area contributed by atoms with Gasteiger partial charge in [-0.15, -0.1) is 11.8 Å². The Morgan fingerprint density at radius 3 is 2.68 bits per heavy atom. The van der Waals surface area contributed by atoms with E-state index in [9.17, 15) is 4.79 Å². The first-order chi connectivity index (χ1) is 12.0. The van der Waals surface area contributed by atoms with Crippen LogP contribution in [-0.4, -0.2) is 21.9 Å². The van der Waals surface area contributed by atoms with Gasteiger partial charge in [0.25, 0.3) is 0 Å². The number of nitrogens with two attached hydrogens (primary N) is 1. The summed E-state index contributed by atoms with van der Waals surface area (Å²) in [6, 6.07) is 16.3. The standard InChI is InChI=1S/C20H21N3OS/c1-13-9-15(7-8-18(13)20(21)24)19-12-16(22-23(19)2)10-14-5-4-6-17(11-14)25-3/h4-9,11-12H,10H2,1-3H3,(H2,21,24). The summed E-state index contributed by atoms with van der Waals surface area (Å²) in [5.74, 6) is -0.400. The summed E-state index contributed by atoms with van der Waals surface area (Å²) in [5, 5.41) is 4.64. The van der Waals surface area contributed by atoms with Crippen LogP contribution in [0.4, 0.5) is 0 Å². The monoisotopic (exact) mass is 351 g/mol. The zero-order chi connectivity index (χ0) is 18.0. The van der Waals surface area contributed by atoms with Crippen LogP contribution in [0.25, 0.3) is 11.3 Å². The van der Waals surface area contributed by atoms with Gasteiger partial charge in [-0.2, -0.15) is 5.10 Å². The molecule has 2 N–H and O–H groups in total. The first kappa shape index (κ1) is 17.3. The minimum Gasteiger partial charge on any atom is -0.366 e. The van der Waals surface area contributed by atoms with E-state index in [-0.39, 0.29) is 0 Å². The second-order valence-corrected chi connectivity index (χ2v) is 6.95. The lowest BCUT2D eigenvalue weighted by atomic mass is 10.0. The molecule has 25 heavy (non-hydrogen) atoms. The average molecular weight is 351 g/mol. The number of hydrogen-bond acceptors (Lipinski definition) is 3. The van der Waals surface area contributed by atoms with Crippen LogP contribution < -0.4 is 5.73 Å². The van der Waals surface area contributed by atoms with Gasteiger partial charge in [-0.3, -0.25) is 9.48 Å². The maximum atomic E-state index is 11.4. The molecule has 0 saturated heterocycles. The third kappa shape index (κ3) is 3.77. The highest BCUT2D eigenvalue weighted by Gasteiger charge is 2.11. The number of carbonyl (C=O) groups is 1. The molecule has 5 heteroatoms. The van der Waals surface area contributed by atoms with Crippen molar-refractivity contribution in [3.63, 3.8) is 0 Å². The molecule has 128 valence electrons. The molecule has 0 atom stereocenters. The minimum atomic E-state index is -0.400. The topological polar surface area (TPSA) is 60.9 Å². The second-order valence-electron chi connectivity index (χ2n) is 6.07. The molecule has 3 rings (SSSR count). The molecule has 4 nitrogen and oxygen atoms in total. The maximum absolute atomic E-state index is 11.4. The lowest BCUT2D eigenvalue weighted by molar-refractivity contribution is 0.0999. The quantitative estimate of drug-likeness (QED) is 0.711. The van der Waals surface area contributed by atoms with Crippen molar-refractivity contribution >= 4 is 17.7 Å². The van der Waals surface area contributed by atoms with E-state index in [1.165, 1.54) is 10.5 Å². The van der Waals surface area contributed by atoms with Gasteiger partial charge in [-0.05, 0) is 54.6 Å². The van der Waals surface area contributed by atoms with Gasteiger partial charge in [0.1, 0.15) is 0 Å². The predicted octanol–water partition coefficient (Wildman–Crippen LogP) is 3.81. The Morgan fingerprint density at radius 1 is 1.20 bits per heavy atom. The number of nitrogens with zero attached hydrogens (tertiary/aromatic N) is 2. The van der Waals surface area contributed by atoms with Crippen LogP contribution in [0, 0.1) is 6.92 Å². The normalized spacial score (nSPS) is 10.8. The molecule has 0 aliphatic heterocycles. The van der Waals surface area contributed by atoms with Crippen LogP contribution in [0.1, 0.15) is 27.2 Å². The number of rotatable bonds is 5. The van der Waals surface area contributed by atoms with Gasteiger partial charge in [0.15, 0.2) is 0 Å². The Balaban J connectivity index is 1.90. The van der Waals surface area contributed by atoms with Crippen molar-refractivity contribution in [2.24, 2.45) is 12.8 Å². The number of aromatic nitrogens is 2. The number of benzene rings is 2. The zero-order valence-corrected chi connectivity index (χ0v) is 15.4. The van der Waals surface area contributed by atoms with Crippen LogP contribution in [-0.2, 0) is 13.5 Å². The van der Waals surface area contributed by atoms with Crippen molar-refractivity contribution in [3.8, 4) is 11.3 Å². The van der Waals surface area contributed by atoms with Crippen LogP contribution in [0.3, 0.4) is 0 Å². The first-order valence-corrected chi connectivity index (χ1v) is 9.27. The summed E-state index contributed by atoms with van der Waals surface area (Å²) < 4.78 is 1.88. The van der Waals surface area contributed by atoms with E-state index in [4.69, 9.17) is 5.73 Å². The number of aryl methyl sites for hydroxylation is 2. The molecule has 0 aliphatic carbocycles. The highest BCUT2D eigenvalue weighted by molar-refractivity contribution is 7.98. The molecule has 0 bridgehead atoms. The predicted molar refractivity (Wildman–Crippen MR) is 103 cm³/mol. The van der Waals surface area contributed by atoms with Crippen molar-refractivity contribution in [1.29, 1.82) is 0 Å². The van der Waals surface area contributed by atoms with Gasteiger partial charge >= 0.3 is 0 Å². The first-order valence-electron chi connectivity index (χ1n) is 8.04. The van der Waals surface area contributed by atoms with Crippen molar-refractivity contribution in [1.82, 2.24) is 9.78 Å². The lowest BCUT2D eigenvalue weighted by Crippen LogP contribution is -2.12. The summed E-state index contributed by atoms with van der Waals surface area (Å²) in [7, 11) is 1.94. The Hall–Kier alpha value is -2.53. The molecule has 3 aromatic rings. The van der Waals surface area contributed by atoms with Gasteiger partial charge in [0.05, 0.1) is 11.4 Å². The van der Waals surface area contributed by atoms with Crippen molar-refractivity contribution < 1.29 is 4.79 Å². The fourth-order valence-corrected chi connectivity index (χ4v) is 3.46. The van der Waals surface area contributed by atoms with Gasteiger partial charge in [-0.25, -0.2) is 0 Å². The Bertz CT molecular complexity index is 930. The Kier molecular flexibility index (Phi) is 4.95. The molecule has 1 heterocycles. The summed E-state index contributed by atoms with van der Waals surface area (Å²) in [5.41, 5.74) is 11.1. The second kappa shape index (κ2) is 7.15. The maximum Gasteiger partial charge on any atom is 0.248 e. The summed E-state index contributed by atoms with van der Waals surface area (Å²) in [4.78, 5) is 12.7. The summed E-state index contributed by atoms with van der Waals surface area (Å²) in [6.45, 7) is 1.90. The number of hydrogen-bond donors (Lipinski definition) is 1. The van der Waals surface area contributed by atoms with Gasteiger partial charge in [-0.1, -0.05) is 18.2 Å². The third-order valence-electron chi connectivity index (χ3n) is 4.24. The van der Waals surface area contributed by atoms with E-state index in [1.54, 1.807) is 17.8 Å². The molecule has 1 aromatic heterocycles. The molecule has 0 saturated carbocycles. The molecule has 0 spiro atoms. The SMILES string of the molecule is CSc1cccc(Cc2cc(-c3ccc(C(N)=O)c(C)c3)n(C)n2)c1. The van der Waals surface area contributed by atoms with Crippen molar-refractivity contribution in [3.05, 3.63) is 70.9 Å². The van der Waals surface area contributed by atoms with Crippen molar-refractivity contribution in [2.45, 2.75) is 18.2 Å². The van der Waals surface area contributed by atoms with E-state index >= 15 is 0 Å². The average Bonchev–Trinajstić information content (AvgIpc) is 2.94. The van der Waals surface area contributed by atoms with Crippen molar-refractivity contribution in [2.75, 3.05) is 6.26 Å². The highest BCUT2D eigenvalue weighted by Crippen LogP contribution is 2.24. The smallest absolute Gasteiger partial charge is 0.248 e. The number of primary amides is 1. The fourth-order valence-electron chi connectivity index (χ4n) is 2.97. The number of amides is 1. The largest absolute Gasteiger partial charge is 0.366 e. The highest BCUT2D eigenvalue weighted by atomic mass is 32.2. The zero-order valence-electron chi connectivity index (χ0n) is 14.6. The Morgan fingerprint density at radius 2 is 2.00 bits per heavy atom. The van der Waals surface area contributed by atoms with E-state index in [2.05, 4.69) is 41.7 Å². The Labute approximate surface area is 152 Å². The third-order valence-corrected chi connectivity index (χ3v) is 4.96. The van der Waals surface area contributed by atoms with E-state index in [0.717, 1.165) is 28.9 Å². The van der Waals surface area contributed by atoms with E-state index in [0.29, 0.717) is 5.56 Å². The van der Waals surface area contributed by atoms with Crippen LogP contribution in [0.15, 0.2) is 53.4 Å². The van der Waals surface area contributed by atoms with E-state index < -0.39 is 5.91 Å². The molecule has 0 unspecified atom stereocenters. The van der Waals surface area contributed by atoms with E-state index in [1.807, 2.05) is 30.8 Å². The van der Waals surface area contributed by atoms with Gasteiger partial charge in [0, 0.05) is 29.5 Å². The molecule has 0 radical (unpaired) electrons. The number of carbonyl (C=O) groups excluding carboxylic acids is 1. The van der Waals surface area contributed by atoms with Crippen LogP contribution in [0.5, 0.6) is 0 Å². The molecule has 0 aliphatic rings. The van der Waals surface area contributed by atoms with Gasteiger partial charge < -0.3 is 5.73 Å². The molecule has 1 amide bonds.